The van der Waals surface area contributed by atoms with E-state index in [1.54, 1.807) is 30.9 Å². The molecule has 0 aromatic heterocycles. The number of piperidine rings is 1. The van der Waals surface area contributed by atoms with E-state index in [4.69, 9.17) is 4.74 Å². The topological polar surface area (TPSA) is 66.8 Å². The van der Waals surface area contributed by atoms with Crippen molar-refractivity contribution in [2.45, 2.75) is 26.7 Å². The van der Waals surface area contributed by atoms with Gasteiger partial charge in [0.05, 0.1) is 12.5 Å². The van der Waals surface area contributed by atoms with Crippen LogP contribution < -0.4 is 0 Å². The zero-order valence-electron chi connectivity index (χ0n) is 12.5. The highest BCUT2D eigenvalue weighted by atomic mass is 16.5. The molecule has 0 bridgehead atoms. The second kappa shape index (κ2) is 6.61. The van der Waals surface area contributed by atoms with E-state index in [1.807, 2.05) is 0 Å². The van der Waals surface area contributed by atoms with E-state index in [9.17, 15) is 14.7 Å². The highest BCUT2D eigenvalue weighted by molar-refractivity contribution is 5.94. The molecular weight excluding hydrogens is 270 g/mol. The van der Waals surface area contributed by atoms with Gasteiger partial charge < -0.3 is 14.7 Å². The number of phenolic OH excluding ortho intramolecular Hbond substituents is 1. The van der Waals surface area contributed by atoms with Crippen LogP contribution in [0.1, 0.15) is 35.7 Å². The van der Waals surface area contributed by atoms with Gasteiger partial charge in [-0.2, -0.15) is 0 Å². The zero-order chi connectivity index (χ0) is 15.4. The van der Waals surface area contributed by atoms with Crippen LogP contribution in [0.2, 0.25) is 0 Å². The predicted molar refractivity (Wildman–Crippen MR) is 78.1 cm³/mol. The van der Waals surface area contributed by atoms with E-state index in [-0.39, 0.29) is 23.5 Å². The Kier molecular flexibility index (Phi) is 4.83. The second-order valence-corrected chi connectivity index (χ2v) is 5.32. The molecule has 114 valence electrons. The van der Waals surface area contributed by atoms with E-state index in [0.717, 1.165) is 5.56 Å². The number of carbonyl (C=O) groups excluding carboxylic acids is 2. The van der Waals surface area contributed by atoms with Crippen LogP contribution in [-0.2, 0) is 9.53 Å². The van der Waals surface area contributed by atoms with Gasteiger partial charge in [-0.3, -0.25) is 9.59 Å². The number of aryl methyl sites for hydroxylation is 1. The number of esters is 1. The summed E-state index contributed by atoms with van der Waals surface area (Å²) >= 11 is 0. The Bertz CT molecular complexity index is 533. The molecule has 1 aliphatic heterocycles. The van der Waals surface area contributed by atoms with Crippen molar-refractivity contribution in [1.29, 1.82) is 0 Å². The quantitative estimate of drug-likeness (QED) is 0.866. The lowest BCUT2D eigenvalue weighted by atomic mass is 9.96. The molecule has 1 aromatic carbocycles. The number of hydrogen-bond donors (Lipinski definition) is 1. The maximum Gasteiger partial charge on any atom is 0.309 e. The standard InChI is InChI=1S/C16H21NO4/c1-3-21-16(20)12-6-8-17(9-7-12)15(19)13-5-4-11(2)14(18)10-13/h4-5,10,12,18H,3,6-9H2,1-2H3. The lowest BCUT2D eigenvalue weighted by Crippen LogP contribution is -2.40. The number of benzene rings is 1. The first-order chi connectivity index (χ1) is 10.0. The first-order valence-corrected chi connectivity index (χ1v) is 7.28. The molecule has 1 aromatic rings. The van der Waals surface area contributed by atoms with Crippen LogP contribution in [0, 0.1) is 12.8 Å². The van der Waals surface area contributed by atoms with Gasteiger partial charge in [0.1, 0.15) is 5.75 Å². The number of likely N-dealkylation sites (tertiary alicyclic amines) is 1. The molecule has 1 N–H and O–H groups in total. The largest absolute Gasteiger partial charge is 0.508 e. The molecule has 0 unspecified atom stereocenters. The molecule has 0 spiro atoms. The van der Waals surface area contributed by atoms with Crippen LogP contribution in [0.15, 0.2) is 18.2 Å². The van der Waals surface area contributed by atoms with E-state index < -0.39 is 0 Å². The maximum absolute atomic E-state index is 12.4. The average Bonchev–Trinajstić information content (AvgIpc) is 2.50. The molecule has 5 heteroatoms. The molecule has 0 aliphatic carbocycles. The van der Waals surface area contributed by atoms with Gasteiger partial charge in [-0.05, 0) is 44.4 Å². The maximum atomic E-state index is 12.4. The van der Waals surface area contributed by atoms with Crippen LogP contribution in [0.25, 0.3) is 0 Å². The highest BCUT2D eigenvalue weighted by Gasteiger charge is 2.28. The monoisotopic (exact) mass is 291 g/mol. The summed E-state index contributed by atoms with van der Waals surface area (Å²) in [5.74, 6) is -0.257. The Morgan fingerprint density at radius 2 is 2.00 bits per heavy atom. The summed E-state index contributed by atoms with van der Waals surface area (Å²) in [6.07, 6.45) is 1.25. The Hall–Kier alpha value is -2.04. The van der Waals surface area contributed by atoms with Crippen LogP contribution in [-0.4, -0.2) is 41.6 Å². The molecule has 21 heavy (non-hydrogen) atoms. The van der Waals surface area contributed by atoms with Gasteiger partial charge in [0.2, 0.25) is 0 Å². The Balaban J connectivity index is 1.97. The molecule has 2 rings (SSSR count). The van der Waals surface area contributed by atoms with Crippen molar-refractivity contribution in [2.24, 2.45) is 5.92 Å². The minimum absolute atomic E-state index is 0.104. The molecule has 1 aliphatic rings. The number of ether oxygens (including phenoxy) is 1. The van der Waals surface area contributed by atoms with Crippen molar-refractivity contribution in [3.05, 3.63) is 29.3 Å². The second-order valence-electron chi connectivity index (χ2n) is 5.32. The van der Waals surface area contributed by atoms with Crippen LogP contribution in [0.3, 0.4) is 0 Å². The van der Waals surface area contributed by atoms with Crippen molar-refractivity contribution in [1.82, 2.24) is 4.90 Å². The van der Waals surface area contributed by atoms with Crippen molar-refractivity contribution < 1.29 is 19.4 Å². The average molecular weight is 291 g/mol. The molecule has 0 atom stereocenters. The van der Waals surface area contributed by atoms with Crippen LogP contribution in [0.4, 0.5) is 0 Å². The fourth-order valence-corrected chi connectivity index (χ4v) is 2.50. The van der Waals surface area contributed by atoms with Crippen molar-refractivity contribution in [2.75, 3.05) is 19.7 Å². The normalized spacial score (nSPS) is 15.8. The fraction of sp³-hybridized carbons (Fsp3) is 0.500. The lowest BCUT2D eigenvalue weighted by Gasteiger charge is -2.31. The molecule has 1 heterocycles. The molecular formula is C16H21NO4. The minimum Gasteiger partial charge on any atom is -0.508 e. The third kappa shape index (κ3) is 3.54. The summed E-state index contributed by atoms with van der Waals surface area (Å²) in [6, 6.07) is 4.94. The number of amides is 1. The van der Waals surface area contributed by atoms with E-state index >= 15 is 0 Å². The summed E-state index contributed by atoms with van der Waals surface area (Å²) < 4.78 is 5.02. The van der Waals surface area contributed by atoms with Crippen LogP contribution >= 0.6 is 0 Å². The number of rotatable bonds is 3. The third-order valence-electron chi connectivity index (χ3n) is 3.86. The van der Waals surface area contributed by atoms with Crippen molar-refractivity contribution >= 4 is 11.9 Å². The Morgan fingerprint density at radius 1 is 1.33 bits per heavy atom. The first kappa shape index (κ1) is 15.4. The van der Waals surface area contributed by atoms with Gasteiger partial charge in [-0.15, -0.1) is 0 Å². The number of aromatic hydroxyl groups is 1. The first-order valence-electron chi connectivity index (χ1n) is 7.28. The van der Waals surface area contributed by atoms with Gasteiger partial charge in [0.25, 0.3) is 5.91 Å². The summed E-state index contributed by atoms with van der Waals surface area (Å²) in [5, 5.41) is 9.69. The lowest BCUT2D eigenvalue weighted by molar-refractivity contribution is -0.149. The minimum atomic E-state index is -0.169. The van der Waals surface area contributed by atoms with Crippen LogP contribution in [0.5, 0.6) is 5.75 Å². The van der Waals surface area contributed by atoms with E-state index in [1.165, 1.54) is 6.07 Å². The SMILES string of the molecule is CCOC(=O)C1CCN(C(=O)c2ccc(C)c(O)c2)CC1. The molecule has 0 radical (unpaired) electrons. The third-order valence-corrected chi connectivity index (χ3v) is 3.86. The van der Waals surface area contributed by atoms with Crippen molar-refractivity contribution in [3.63, 3.8) is 0 Å². The van der Waals surface area contributed by atoms with Gasteiger partial charge in [-0.1, -0.05) is 6.07 Å². The molecule has 1 fully saturated rings. The number of carbonyl (C=O) groups is 2. The Morgan fingerprint density at radius 3 is 2.57 bits per heavy atom. The number of hydrogen-bond acceptors (Lipinski definition) is 4. The predicted octanol–water partition coefficient (Wildman–Crippen LogP) is 2.12. The molecule has 1 amide bonds. The summed E-state index contributed by atoms with van der Waals surface area (Å²) in [7, 11) is 0. The number of nitrogens with zero attached hydrogens (tertiary/aromatic N) is 1. The van der Waals surface area contributed by atoms with Crippen molar-refractivity contribution in [3.8, 4) is 5.75 Å². The Labute approximate surface area is 124 Å². The van der Waals surface area contributed by atoms with Gasteiger partial charge in [0, 0.05) is 18.7 Å². The highest BCUT2D eigenvalue weighted by Crippen LogP contribution is 2.23. The summed E-state index contributed by atoms with van der Waals surface area (Å²) in [5.41, 5.74) is 1.22. The smallest absolute Gasteiger partial charge is 0.309 e. The van der Waals surface area contributed by atoms with E-state index in [2.05, 4.69) is 0 Å². The van der Waals surface area contributed by atoms with Gasteiger partial charge >= 0.3 is 5.97 Å². The molecule has 5 nitrogen and oxygen atoms in total. The summed E-state index contributed by atoms with van der Waals surface area (Å²) in [4.78, 5) is 25.8. The van der Waals surface area contributed by atoms with Gasteiger partial charge in [0.15, 0.2) is 0 Å². The molecule has 1 saturated heterocycles. The molecule has 0 saturated carbocycles. The van der Waals surface area contributed by atoms with E-state index in [0.29, 0.717) is 38.1 Å². The fourth-order valence-electron chi connectivity index (χ4n) is 2.50. The number of phenols is 1. The van der Waals surface area contributed by atoms with Gasteiger partial charge in [-0.25, -0.2) is 0 Å². The summed E-state index contributed by atoms with van der Waals surface area (Å²) in [6.45, 7) is 5.05. The zero-order valence-corrected chi connectivity index (χ0v) is 12.5.